The van der Waals surface area contributed by atoms with Gasteiger partial charge in [-0.25, -0.2) is 0 Å². The summed E-state index contributed by atoms with van der Waals surface area (Å²) in [7, 11) is 0. The maximum absolute atomic E-state index is 12.9. The van der Waals surface area contributed by atoms with Crippen molar-refractivity contribution in [3.05, 3.63) is 65.7 Å². The smallest absolute Gasteiger partial charge is 0.322 e. The third-order valence-electron chi connectivity index (χ3n) is 5.97. The normalized spacial score (nSPS) is 24.6. The molecule has 0 spiro atoms. The molecule has 2 aromatic rings. The Morgan fingerprint density at radius 2 is 1.82 bits per heavy atom. The maximum Gasteiger partial charge on any atom is 0.322 e. The topological polar surface area (TPSA) is 86.7 Å². The molecule has 6 nitrogen and oxygen atoms in total. The molecule has 0 aromatic heterocycles. The summed E-state index contributed by atoms with van der Waals surface area (Å²) in [5.41, 5.74) is 1.84. The van der Waals surface area contributed by atoms with Gasteiger partial charge in [0.05, 0.1) is 6.42 Å². The minimum atomic E-state index is -1.14. The molecule has 2 fully saturated rings. The highest BCUT2D eigenvalue weighted by Gasteiger charge is 2.58. The monoisotopic (exact) mass is 484 g/mol. The number of nitrogens with zero attached hydrogens (tertiary/aromatic N) is 1. The molecule has 0 radical (unpaired) electrons. The van der Waals surface area contributed by atoms with E-state index in [0.717, 1.165) is 16.0 Å². The number of fused-ring (bicyclic) bond motifs is 1. The Labute approximate surface area is 202 Å². The number of rotatable bonds is 6. The fourth-order valence-corrected chi connectivity index (χ4v) is 7.35. The molecule has 2 aromatic carbocycles. The number of carboxylic acids is 1. The van der Waals surface area contributed by atoms with Gasteiger partial charge in [-0.15, -0.1) is 23.5 Å². The first-order chi connectivity index (χ1) is 15.6. The lowest BCUT2D eigenvalue weighted by Crippen LogP contribution is -2.74. The van der Waals surface area contributed by atoms with Crippen LogP contribution in [0.2, 0.25) is 0 Å². The second-order valence-electron chi connectivity index (χ2n) is 9.52. The molecule has 4 rings (SSSR count). The van der Waals surface area contributed by atoms with Crippen LogP contribution in [0, 0.1) is 0 Å². The second kappa shape index (κ2) is 9.06. The fourth-order valence-electron chi connectivity index (χ4n) is 4.18. The summed E-state index contributed by atoms with van der Waals surface area (Å²) in [6.45, 7) is 6.43. The van der Waals surface area contributed by atoms with Gasteiger partial charge in [0, 0.05) is 17.2 Å². The zero-order valence-electron chi connectivity index (χ0n) is 18.9. The van der Waals surface area contributed by atoms with Crippen LogP contribution >= 0.6 is 23.5 Å². The van der Waals surface area contributed by atoms with Crippen LogP contribution in [0.4, 0.5) is 0 Å². The van der Waals surface area contributed by atoms with Crippen molar-refractivity contribution in [2.45, 2.75) is 53.7 Å². The van der Waals surface area contributed by atoms with Crippen LogP contribution in [-0.2, 0) is 26.2 Å². The Kier molecular flexibility index (Phi) is 6.51. The van der Waals surface area contributed by atoms with Crippen molar-refractivity contribution in [2.24, 2.45) is 0 Å². The molecule has 3 atom stereocenters. The van der Waals surface area contributed by atoms with E-state index in [2.05, 4.69) is 26.1 Å². The molecule has 0 aliphatic carbocycles. The van der Waals surface area contributed by atoms with Crippen molar-refractivity contribution >= 4 is 41.3 Å². The maximum atomic E-state index is 12.9. The minimum Gasteiger partial charge on any atom is -0.480 e. The minimum absolute atomic E-state index is 0.118. The molecule has 2 saturated heterocycles. The summed E-state index contributed by atoms with van der Waals surface area (Å²) in [5.74, 6) is -0.996. The third-order valence-corrected chi connectivity index (χ3v) is 9.09. The van der Waals surface area contributed by atoms with Gasteiger partial charge in [0.1, 0.15) is 16.2 Å². The van der Waals surface area contributed by atoms with Gasteiger partial charge in [0.25, 0.3) is 0 Å². The van der Waals surface area contributed by atoms with E-state index in [-0.39, 0.29) is 35.6 Å². The van der Waals surface area contributed by atoms with Gasteiger partial charge in [-0.2, -0.15) is 0 Å². The standard InChI is InChI=1S/C25H28N2O4S2/c1-24(2,3)17-11-7-8-12-18(17)33-25(23(30)31)14-27-21(29)20(22(27)32-15-25)26-19(28)13-16-9-5-4-6-10-16/h4-12,20,22H,13-15H2,1-3H3,(H,26,28)(H,30,31)/t20-,22-,25?/m1/s1. The average Bonchev–Trinajstić information content (AvgIpc) is 2.77. The number of nitrogens with one attached hydrogen (secondary N) is 1. The predicted octanol–water partition coefficient (Wildman–Crippen LogP) is 3.54. The molecule has 2 aliphatic rings. The number of carboxylic acid groups (broad SMARTS) is 1. The lowest BCUT2D eigenvalue weighted by atomic mass is 9.87. The van der Waals surface area contributed by atoms with E-state index in [1.54, 1.807) is 4.90 Å². The Bertz CT molecular complexity index is 1070. The number of carbonyl (C=O) groups excluding carboxylic acids is 2. The van der Waals surface area contributed by atoms with E-state index in [1.807, 2.05) is 54.6 Å². The van der Waals surface area contributed by atoms with Gasteiger partial charge in [-0.3, -0.25) is 14.4 Å². The van der Waals surface area contributed by atoms with Crippen LogP contribution in [0.5, 0.6) is 0 Å². The lowest BCUT2D eigenvalue weighted by Gasteiger charge is -2.53. The van der Waals surface area contributed by atoms with Crippen LogP contribution in [0.3, 0.4) is 0 Å². The highest BCUT2D eigenvalue weighted by molar-refractivity contribution is 8.05. The van der Waals surface area contributed by atoms with Crippen LogP contribution < -0.4 is 5.32 Å². The van der Waals surface area contributed by atoms with Gasteiger partial charge >= 0.3 is 5.97 Å². The largest absolute Gasteiger partial charge is 0.480 e. The number of benzene rings is 2. The van der Waals surface area contributed by atoms with Crippen molar-refractivity contribution in [3.63, 3.8) is 0 Å². The van der Waals surface area contributed by atoms with Gasteiger partial charge in [0.2, 0.25) is 11.8 Å². The van der Waals surface area contributed by atoms with E-state index in [0.29, 0.717) is 5.75 Å². The van der Waals surface area contributed by atoms with Crippen LogP contribution in [0.15, 0.2) is 59.5 Å². The second-order valence-corrected chi connectivity index (χ2v) is 12.1. The van der Waals surface area contributed by atoms with Crippen molar-refractivity contribution in [2.75, 3.05) is 12.3 Å². The first-order valence-corrected chi connectivity index (χ1v) is 12.7. The molecular formula is C25H28N2O4S2. The van der Waals surface area contributed by atoms with E-state index < -0.39 is 16.8 Å². The average molecular weight is 485 g/mol. The molecule has 2 aliphatic heterocycles. The number of aliphatic carboxylic acids is 1. The molecular weight excluding hydrogens is 456 g/mol. The quantitative estimate of drug-likeness (QED) is 0.610. The van der Waals surface area contributed by atoms with E-state index in [9.17, 15) is 19.5 Å². The summed E-state index contributed by atoms with van der Waals surface area (Å²) < 4.78 is -1.14. The van der Waals surface area contributed by atoms with Crippen LogP contribution in [0.25, 0.3) is 0 Å². The zero-order valence-corrected chi connectivity index (χ0v) is 20.5. The van der Waals surface area contributed by atoms with Crippen LogP contribution in [-0.4, -0.2) is 56.3 Å². The first-order valence-electron chi connectivity index (χ1n) is 10.9. The Morgan fingerprint density at radius 1 is 1.15 bits per heavy atom. The highest BCUT2D eigenvalue weighted by Crippen LogP contribution is 2.48. The molecule has 8 heteroatoms. The number of hydrogen-bond donors (Lipinski definition) is 2. The molecule has 2 heterocycles. The summed E-state index contributed by atoms with van der Waals surface area (Å²) in [6, 6.07) is 16.6. The van der Waals surface area contributed by atoms with E-state index >= 15 is 0 Å². The highest BCUT2D eigenvalue weighted by atomic mass is 32.2. The van der Waals surface area contributed by atoms with Crippen LogP contribution in [0.1, 0.15) is 31.9 Å². The Hall–Kier alpha value is -2.45. The number of carbonyl (C=O) groups is 3. The molecule has 174 valence electrons. The van der Waals surface area contributed by atoms with Gasteiger partial charge in [0.15, 0.2) is 0 Å². The van der Waals surface area contributed by atoms with Gasteiger partial charge in [-0.1, -0.05) is 69.3 Å². The van der Waals surface area contributed by atoms with Crippen molar-refractivity contribution in [1.82, 2.24) is 10.2 Å². The molecule has 0 saturated carbocycles. The van der Waals surface area contributed by atoms with Gasteiger partial charge in [-0.05, 0) is 22.6 Å². The van der Waals surface area contributed by atoms with Crippen molar-refractivity contribution in [1.29, 1.82) is 0 Å². The number of hydrogen-bond acceptors (Lipinski definition) is 5. The summed E-state index contributed by atoms with van der Waals surface area (Å²) in [4.78, 5) is 40.3. The van der Waals surface area contributed by atoms with Crippen molar-refractivity contribution in [3.8, 4) is 0 Å². The molecule has 33 heavy (non-hydrogen) atoms. The first kappa shape index (κ1) is 23.7. The van der Waals surface area contributed by atoms with Crippen molar-refractivity contribution < 1.29 is 19.5 Å². The predicted molar refractivity (Wildman–Crippen MR) is 131 cm³/mol. The van der Waals surface area contributed by atoms with E-state index in [4.69, 9.17) is 0 Å². The fraction of sp³-hybridized carbons (Fsp3) is 0.400. The molecule has 2 amide bonds. The molecule has 1 unspecified atom stereocenters. The lowest BCUT2D eigenvalue weighted by molar-refractivity contribution is -0.152. The summed E-state index contributed by atoms with van der Waals surface area (Å²) >= 11 is 2.76. The Balaban J connectivity index is 1.46. The third kappa shape index (κ3) is 4.77. The molecule has 2 N–H and O–H groups in total. The molecule has 0 bridgehead atoms. The number of β-lactam (4-membered cyclic amide) rings is 1. The summed E-state index contributed by atoms with van der Waals surface area (Å²) in [6.07, 6.45) is 0.209. The SMILES string of the molecule is CC(C)(C)c1ccccc1SC1(C(=O)O)CS[C@@H]2[C@H](NC(=O)Cc3ccccc3)C(=O)N2C1. The van der Waals surface area contributed by atoms with E-state index in [1.165, 1.54) is 23.5 Å². The number of thioether (sulfide) groups is 2. The number of amides is 2. The zero-order chi connectivity index (χ0) is 23.8. The summed E-state index contributed by atoms with van der Waals surface area (Å²) in [5, 5.41) is 12.8. The van der Waals surface area contributed by atoms with Gasteiger partial charge < -0.3 is 15.3 Å². The Morgan fingerprint density at radius 3 is 2.48 bits per heavy atom.